The molecule has 2 atom stereocenters. The quantitative estimate of drug-likeness (QED) is 0.450. The third kappa shape index (κ3) is 3.19. The van der Waals surface area contributed by atoms with Crippen molar-refractivity contribution in [1.82, 2.24) is 10.3 Å². The van der Waals surface area contributed by atoms with Crippen molar-refractivity contribution in [1.29, 1.82) is 0 Å². The fraction of sp³-hybridized carbons (Fsp3) is 0.400. The number of rotatable bonds is 6. The van der Waals surface area contributed by atoms with Gasteiger partial charge in [0.15, 0.2) is 13.1 Å². The fourth-order valence-electron chi connectivity index (χ4n) is 4.03. The molecule has 1 aliphatic carbocycles. The molecule has 1 radical (unpaired) electrons. The molecule has 1 saturated carbocycles. The van der Waals surface area contributed by atoms with Crippen LogP contribution in [0.25, 0.3) is 11.3 Å². The summed E-state index contributed by atoms with van der Waals surface area (Å²) in [6, 6.07) is 2.37. The van der Waals surface area contributed by atoms with Crippen molar-refractivity contribution in [2.24, 2.45) is 5.92 Å². The van der Waals surface area contributed by atoms with E-state index in [-0.39, 0.29) is 41.2 Å². The monoisotopic (exact) mass is 405 g/mol. The number of pyridine rings is 1. The number of hydrogen-bond acceptors (Lipinski definition) is 2. The predicted octanol–water partition coefficient (Wildman–Crippen LogP) is 3.92. The molecule has 2 heterocycles. The number of nitrogens with one attached hydrogen (secondary N) is 1. The van der Waals surface area contributed by atoms with E-state index in [1.54, 1.807) is 0 Å². The summed E-state index contributed by atoms with van der Waals surface area (Å²) in [6.45, 7) is 2.17. The predicted molar refractivity (Wildman–Crippen MR) is 103 cm³/mol. The van der Waals surface area contributed by atoms with Crippen molar-refractivity contribution in [3.63, 3.8) is 0 Å². The maximum atomic E-state index is 15.5. The fourth-order valence-corrected chi connectivity index (χ4v) is 4.20. The molecule has 8 heteroatoms. The maximum Gasteiger partial charge on any atom is 0.207 e. The molecule has 1 N–H and O–H groups in total. The van der Waals surface area contributed by atoms with Gasteiger partial charge in [-0.1, -0.05) is 30.3 Å². The lowest BCUT2D eigenvalue weighted by atomic mass is 9.69. The van der Waals surface area contributed by atoms with Gasteiger partial charge in [0, 0.05) is 18.0 Å². The van der Waals surface area contributed by atoms with Gasteiger partial charge in [0.05, 0.1) is 11.4 Å². The minimum absolute atomic E-state index is 0.0483. The summed E-state index contributed by atoms with van der Waals surface area (Å²) in [6.07, 6.45) is 3.05. The van der Waals surface area contributed by atoms with E-state index in [0.29, 0.717) is 23.8 Å². The smallest absolute Gasteiger partial charge is 0.207 e. The Bertz CT molecular complexity index is 952. The topological polar surface area (TPSA) is 42.0 Å². The number of halogens is 4. The molecular formula is C20H18BClF3N2O. The molecule has 1 fully saturated rings. The van der Waals surface area contributed by atoms with Gasteiger partial charge in [0.1, 0.15) is 16.7 Å². The number of amides is 1. The Hall–Kier alpha value is -2.02. The van der Waals surface area contributed by atoms with E-state index in [0.717, 1.165) is 18.9 Å². The van der Waals surface area contributed by atoms with E-state index in [1.165, 1.54) is 6.07 Å². The molecule has 2 unspecified atom stereocenters. The first kappa shape index (κ1) is 19.3. The molecule has 3 nitrogen and oxygen atoms in total. The average molecular weight is 406 g/mol. The molecule has 1 amide bonds. The van der Waals surface area contributed by atoms with E-state index in [1.807, 2.05) is 14.2 Å². The van der Waals surface area contributed by atoms with Crippen molar-refractivity contribution in [3.05, 3.63) is 45.9 Å². The molecule has 1 aromatic heterocycles. The Morgan fingerprint density at radius 1 is 1.32 bits per heavy atom. The second-order valence-electron chi connectivity index (χ2n) is 7.52. The number of aromatic nitrogens is 1. The van der Waals surface area contributed by atoms with Gasteiger partial charge < -0.3 is 5.32 Å². The number of benzene rings is 1. The Morgan fingerprint density at radius 2 is 2.07 bits per heavy atom. The highest BCUT2D eigenvalue weighted by Gasteiger charge is 2.38. The van der Waals surface area contributed by atoms with Gasteiger partial charge in [-0.15, -0.1) is 0 Å². The van der Waals surface area contributed by atoms with E-state index in [4.69, 9.17) is 11.6 Å². The SMILES string of the molecule is CC1C[B]c2c(-c3ccc(F)c(Cl)c3F)nc(C(CNC=O)C3CC3)c(F)c21. The van der Waals surface area contributed by atoms with Crippen molar-refractivity contribution >= 4 is 30.8 Å². The summed E-state index contributed by atoms with van der Waals surface area (Å²) in [5.74, 6) is -2.29. The molecule has 2 aromatic rings. The summed E-state index contributed by atoms with van der Waals surface area (Å²) < 4.78 is 43.8. The highest BCUT2D eigenvalue weighted by Crippen LogP contribution is 2.44. The lowest BCUT2D eigenvalue weighted by molar-refractivity contribution is -0.109. The van der Waals surface area contributed by atoms with Gasteiger partial charge >= 0.3 is 0 Å². The second-order valence-corrected chi connectivity index (χ2v) is 7.90. The van der Waals surface area contributed by atoms with Crippen molar-refractivity contribution in [3.8, 4) is 11.3 Å². The Balaban J connectivity index is 1.92. The van der Waals surface area contributed by atoms with Crippen LogP contribution in [0.2, 0.25) is 11.3 Å². The molecular weight excluding hydrogens is 387 g/mol. The van der Waals surface area contributed by atoms with Crippen LogP contribution in [0.5, 0.6) is 0 Å². The molecule has 28 heavy (non-hydrogen) atoms. The van der Waals surface area contributed by atoms with E-state index in [2.05, 4.69) is 10.3 Å². The van der Waals surface area contributed by atoms with Crippen LogP contribution in [0.3, 0.4) is 0 Å². The van der Waals surface area contributed by atoms with Gasteiger partial charge in [-0.2, -0.15) is 0 Å². The lowest BCUT2D eigenvalue weighted by Gasteiger charge is -2.21. The summed E-state index contributed by atoms with van der Waals surface area (Å²) in [5, 5.41) is 2.02. The normalized spacial score (nSPS) is 19.1. The van der Waals surface area contributed by atoms with Crippen LogP contribution in [0, 0.1) is 23.4 Å². The van der Waals surface area contributed by atoms with Crippen molar-refractivity contribution in [2.75, 3.05) is 6.54 Å². The Morgan fingerprint density at radius 3 is 2.75 bits per heavy atom. The number of nitrogens with zero attached hydrogens (tertiary/aromatic N) is 1. The third-order valence-electron chi connectivity index (χ3n) is 5.66. The Kier molecular flexibility index (Phi) is 5.12. The minimum atomic E-state index is -0.907. The molecule has 2 aliphatic rings. The van der Waals surface area contributed by atoms with Crippen LogP contribution in [0.1, 0.15) is 42.9 Å². The van der Waals surface area contributed by atoms with Crippen LogP contribution < -0.4 is 10.8 Å². The summed E-state index contributed by atoms with van der Waals surface area (Å²) >= 11 is 5.76. The van der Waals surface area contributed by atoms with Gasteiger partial charge in [-0.05, 0) is 42.4 Å². The first-order valence-electron chi connectivity index (χ1n) is 9.31. The number of hydrogen-bond donors (Lipinski definition) is 1. The number of carbonyl (C=O) groups is 1. The zero-order chi connectivity index (χ0) is 20.0. The van der Waals surface area contributed by atoms with Gasteiger partial charge in [-0.3, -0.25) is 4.79 Å². The van der Waals surface area contributed by atoms with Crippen LogP contribution in [0.4, 0.5) is 13.2 Å². The summed E-state index contributed by atoms with van der Waals surface area (Å²) in [4.78, 5) is 15.3. The maximum absolute atomic E-state index is 15.5. The van der Waals surface area contributed by atoms with Crippen LogP contribution in [-0.2, 0) is 4.79 Å². The molecule has 1 aliphatic heterocycles. The number of fused-ring (bicyclic) bond motifs is 1. The van der Waals surface area contributed by atoms with E-state index in [9.17, 15) is 13.6 Å². The van der Waals surface area contributed by atoms with Gasteiger partial charge in [-0.25, -0.2) is 18.2 Å². The standard InChI is InChI=1S/C20H18BClF3N2O/c1-9-6-21-15-14(9)18(25)20(12(7-26-8-28)10-2-3-10)27-19(15)11-4-5-13(23)16(22)17(11)24/h4-5,8-10,12H,2-3,6-7H2,1H3,(H,26,28). The van der Waals surface area contributed by atoms with Gasteiger partial charge in [0.25, 0.3) is 0 Å². The molecule has 4 rings (SSSR count). The van der Waals surface area contributed by atoms with Crippen LogP contribution in [-0.4, -0.2) is 25.2 Å². The van der Waals surface area contributed by atoms with Crippen LogP contribution in [0.15, 0.2) is 12.1 Å². The summed E-state index contributed by atoms with van der Waals surface area (Å²) in [7, 11) is 1.84. The summed E-state index contributed by atoms with van der Waals surface area (Å²) in [5.41, 5.74) is 1.58. The van der Waals surface area contributed by atoms with E-state index < -0.39 is 22.5 Å². The highest BCUT2D eigenvalue weighted by atomic mass is 35.5. The average Bonchev–Trinajstić information content (AvgIpc) is 3.44. The first-order chi connectivity index (χ1) is 13.4. The van der Waals surface area contributed by atoms with Gasteiger partial charge in [0.2, 0.25) is 6.41 Å². The Labute approximate surface area is 166 Å². The van der Waals surface area contributed by atoms with Crippen molar-refractivity contribution < 1.29 is 18.0 Å². The molecule has 0 spiro atoms. The van der Waals surface area contributed by atoms with Crippen molar-refractivity contribution in [2.45, 2.75) is 37.9 Å². The largest absolute Gasteiger partial charge is 0.358 e. The van der Waals surface area contributed by atoms with E-state index >= 15 is 4.39 Å². The zero-order valence-electron chi connectivity index (χ0n) is 15.2. The second kappa shape index (κ2) is 7.43. The minimum Gasteiger partial charge on any atom is -0.358 e. The number of carbonyl (C=O) groups excluding carboxylic acids is 1. The molecule has 1 aromatic carbocycles. The zero-order valence-corrected chi connectivity index (χ0v) is 16.0. The molecule has 0 bridgehead atoms. The first-order valence-corrected chi connectivity index (χ1v) is 9.69. The molecule has 0 saturated heterocycles. The van der Waals surface area contributed by atoms with Crippen LogP contribution >= 0.6 is 11.6 Å². The lowest BCUT2D eigenvalue weighted by Crippen LogP contribution is -2.27. The third-order valence-corrected chi connectivity index (χ3v) is 6.01. The molecule has 145 valence electrons. The highest BCUT2D eigenvalue weighted by molar-refractivity contribution is 6.58.